The van der Waals surface area contributed by atoms with Crippen LogP contribution in [0.2, 0.25) is 0 Å². The van der Waals surface area contributed by atoms with Gasteiger partial charge in [-0.2, -0.15) is 10.1 Å². The van der Waals surface area contributed by atoms with Gasteiger partial charge < -0.3 is 15.5 Å². The Labute approximate surface area is 156 Å². The molecular formula is C17H12FN7O3. The zero-order valence-corrected chi connectivity index (χ0v) is 14.0. The maximum Gasteiger partial charge on any atom is 0.245 e. The zero-order valence-electron chi connectivity index (χ0n) is 14.0. The molecule has 0 saturated carbocycles. The van der Waals surface area contributed by atoms with Crippen molar-refractivity contribution in [1.29, 1.82) is 0 Å². The third kappa shape index (κ3) is 3.62. The number of benzene rings is 2. The number of phenolic OH excluding ortho intramolecular Hbond substituents is 2. The molecule has 10 nitrogen and oxygen atoms in total. The highest BCUT2D eigenvalue weighted by atomic mass is 19.1. The van der Waals surface area contributed by atoms with Gasteiger partial charge in [0.2, 0.25) is 11.3 Å². The molecule has 4 aromatic rings. The molecule has 0 radical (unpaired) electrons. The van der Waals surface area contributed by atoms with E-state index in [9.17, 15) is 14.6 Å². The minimum absolute atomic E-state index is 0.0664. The number of nitrogens with one attached hydrogen (secondary N) is 2. The summed E-state index contributed by atoms with van der Waals surface area (Å²) in [5, 5.41) is 33.4. The lowest BCUT2D eigenvalue weighted by atomic mass is 10.2. The van der Waals surface area contributed by atoms with Crippen LogP contribution >= 0.6 is 0 Å². The molecule has 2 heterocycles. The van der Waals surface area contributed by atoms with Crippen LogP contribution in [-0.2, 0) is 0 Å². The molecule has 2 aromatic carbocycles. The van der Waals surface area contributed by atoms with E-state index in [4.69, 9.17) is 0 Å². The van der Waals surface area contributed by atoms with Gasteiger partial charge in [0.25, 0.3) is 0 Å². The number of rotatable bonds is 5. The van der Waals surface area contributed by atoms with Crippen molar-refractivity contribution >= 4 is 34.8 Å². The average Bonchev–Trinajstić information content (AvgIpc) is 3.12. The molecule has 2 aromatic heterocycles. The van der Waals surface area contributed by atoms with Gasteiger partial charge >= 0.3 is 0 Å². The Morgan fingerprint density at radius 2 is 1.68 bits per heavy atom. The molecule has 0 aliphatic carbocycles. The maximum atomic E-state index is 13.1. The maximum absolute atomic E-state index is 13.1. The van der Waals surface area contributed by atoms with E-state index >= 15 is 0 Å². The summed E-state index contributed by atoms with van der Waals surface area (Å²) in [5.41, 5.74) is 3.97. The number of nitrogens with zero attached hydrogens (tertiary/aromatic N) is 5. The number of phenols is 2. The van der Waals surface area contributed by atoms with Crippen LogP contribution in [0.3, 0.4) is 0 Å². The van der Waals surface area contributed by atoms with Gasteiger partial charge in [-0.3, -0.25) is 5.43 Å². The third-order valence-corrected chi connectivity index (χ3v) is 3.61. The van der Waals surface area contributed by atoms with E-state index in [1.807, 2.05) is 0 Å². The lowest BCUT2D eigenvalue weighted by Crippen LogP contribution is -2.03. The van der Waals surface area contributed by atoms with Gasteiger partial charge in [0.1, 0.15) is 17.3 Å². The molecule has 0 unspecified atom stereocenters. The van der Waals surface area contributed by atoms with Crippen molar-refractivity contribution < 1.29 is 19.2 Å². The van der Waals surface area contributed by atoms with E-state index < -0.39 is 0 Å². The minimum atomic E-state index is -0.371. The van der Waals surface area contributed by atoms with Crippen molar-refractivity contribution in [2.24, 2.45) is 5.10 Å². The molecule has 4 N–H and O–H groups in total. The lowest BCUT2D eigenvalue weighted by molar-refractivity contribution is 0.314. The molecule has 0 saturated heterocycles. The van der Waals surface area contributed by atoms with Crippen molar-refractivity contribution in [3.05, 3.63) is 53.8 Å². The second kappa shape index (κ2) is 7.15. The van der Waals surface area contributed by atoms with Crippen LogP contribution in [-0.4, -0.2) is 36.7 Å². The van der Waals surface area contributed by atoms with Crippen molar-refractivity contribution in [2.45, 2.75) is 0 Å². The first-order chi connectivity index (χ1) is 13.6. The van der Waals surface area contributed by atoms with Crippen molar-refractivity contribution in [2.75, 3.05) is 10.7 Å². The Bertz CT molecular complexity index is 1160. The number of halogens is 1. The largest absolute Gasteiger partial charge is 0.508 e. The molecule has 0 spiro atoms. The highest BCUT2D eigenvalue weighted by Gasteiger charge is 2.13. The zero-order chi connectivity index (χ0) is 19.5. The number of hydrogen-bond acceptors (Lipinski definition) is 10. The van der Waals surface area contributed by atoms with Gasteiger partial charge in [-0.15, -0.1) is 0 Å². The lowest BCUT2D eigenvalue weighted by Gasteiger charge is -2.09. The Morgan fingerprint density at radius 3 is 2.39 bits per heavy atom. The predicted molar refractivity (Wildman–Crippen MR) is 98.1 cm³/mol. The summed E-state index contributed by atoms with van der Waals surface area (Å²) in [6.07, 6.45) is 1.34. The minimum Gasteiger partial charge on any atom is -0.508 e. The monoisotopic (exact) mass is 381 g/mol. The molecule has 0 bridgehead atoms. The summed E-state index contributed by atoms with van der Waals surface area (Å²) < 4.78 is 17.7. The van der Waals surface area contributed by atoms with Crippen LogP contribution in [0.15, 0.2) is 52.2 Å². The first kappa shape index (κ1) is 17.1. The van der Waals surface area contributed by atoms with Crippen LogP contribution < -0.4 is 10.7 Å². The van der Waals surface area contributed by atoms with E-state index in [2.05, 4.69) is 40.8 Å². The highest BCUT2D eigenvalue weighted by molar-refractivity contribution is 5.85. The van der Waals surface area contributed by atoms with Crippen LogP contribution in [0.1, 0.15) is 5.56 Å². The molecule has 28 heavy (non-hydrogen) atoms. The molecule has 11 heteroatoms. The SMILES string of the molecule is Oc1ccc(C=NNc2nc3nonc3nc2Nc2ccc(F)cc2)c(O)c1. The standard InChI is InChI=1S/C17H12FN7O3/c18-10-2-4-11(5-3-10)20-14-15(22-17-16(21-14)24-28-25-17)23-19-8-9-1-6-12(26)7-13(9)27/h1-8,26-27H,(H,20,21,24)(H,22,23,25). The second-order valence-corrected chi connectivity index (χ2v) is 5.58. The predicted octanol–water partition coefficient (Wildman–Crippen LogP) is 2.75. The van der Waals surface area contributed by atoms with Crippen LogP contribution in [0, 0.1) is 5.82 Å². The molecule has 0 fully saturated rings. The number of fused-ring (bicyclic) bond motifs is 1. The fraction of sp³-hybridized carbons (Fsp3) is 0. The number of hydrazone groups is 1. The van der Waals surface area contributed by atoms with Gasteiger partial charge in [0.05, 0.1) is 6.21 Å². The average molecular weight is 381 g/mol. The molecule has 0 amide bonds. The van der Waals surface area contributed by atoms with Crippen molar-refractivity contribution in [1.82, 2.24) is 20.3 Å². The van der Waals surface area contributed by atoms with Crippen LogP contribution in [0.25, 0.3) is 11.3 Å². The Balaban J connectivity index is 1.62. The molecule has 0 aliphatic rings. The normalized spacial score (nSPS) is 11.2. The van der Waals surface area contributed by atoms with E-state index in [-0.39, 0.29) is 40.2 Å². The van der Waals surface area contributed by atoms with Crippen molar-refractivity contribution in [3.63, 3.8) is 0 Å². The van der Waals surface area contributed by atoms with E-state index in [1.165, 1.54) is 48.7 Å². The molecule has 0 aliphatic heterocycles. The highest BCUT2D eigenvalue weighted by Crippen LogP contribution is 2.24. The van der Waals surface area contributed by atoms with E-state index in [0.29, 0.717) is 11.3 Å². The summed E-state index contributed by atoms with van der Waals surface area (Å²) in [5.74, 6) is -0.130. The summed E-state index contributed by atoms with van der Waals surface area (Å²) in [6, 6.07) is 9.75. The van der Waals surface area contributed by atoms with Gasteiger partial charge in [0, 0.05) is 17.3 Å². The number of hydrogen-bond donors (Lipinski definition) is 4. The first-order valence-corrected chi connectivity index (χ1v) is 7.92. The topological polar surface area (TPSA) is 142 Å². The van der Waals surface area contributed by atoms with Gasteiger partial charge in [-0.05, 0) is 46.7 Å². The van der Waals surface area contributed by atoms with Gasteiger partial charge in [0.15, 0.2) is 11.6 Å². The fourth-order valence-corrected chi connectivity index (χ4v) is 2.28. The second-order valence-electron chi connectivity index (χ2n) is 5.58. The Kier molecular flexibility index (Phi) is 4.38. The fourth-order valence-electron chi connectivity index (χ4n) is 2.28. The van der Waals surface area contributed by atoms with Crippen LogP contribution in [0.4, 0.5) is 21.7 Å². The smallest absolute Gasteiger partial charge is 0.245 e. The van der Waals surface area contributed by atoms with Crippen LogP contribution in [0.5, 0.6) is 11.5 Å². The summed E-state index contributed by atoms with van der Waals surface area (Å²) in [6.45, 7) is 0. The molecular weight excluding hydrogens is 369 g/mol. The third-order valence-electron chi connectivity index (χ3n) is 3.61. The Morgan fingerprint density at radius 1 is 0.964 bits per heavy atom. The summed E-state index contributed by atoms with van der Waals surface area (Å²) in [4.78, 5) is 8.48. The quantitative estimate of drug-likeness (QED) is 0.303. The first-order valence-electron chi connectivity index (χ1n) is 7.92. The molecule has 0 atom stereocenters. The Hall–Kier alpha value is -4.28. The molecule has 4 rings (SSSR count). The molecule has 140 valence electrons. The van der Waals surface area contributed by atoms with Crippen molar-refractivity contribution in [3.8, 4) is 11.5 Å². The number of anilines is 3. The van der Waals surface area contributed by atoms with E-state index in [1.54, 1.807) is 0 Å². The number of aromatic hydroxyl groups is 2. The summed E-state index contributed by atoms with van der Waals surface area (Å²) >= 11 is 0. The van der Waals surface area contributed by atoms with Gasteiger partial charge in [-0.1, -0.05) is 0 Å². The van der Waals surface area contributed by atoms with E-state index in [0.717, 1.165) is 0 Å². The summed E-state index contributed by atoms with van der Waals surface area (Å²) in [7, 11) is 0. The number of aromatic nitrogens is 4. The van der Waals surface area contributed by atoms with Gasteiger partial charge in [-0.25, -0.2) is 14.0 Å².